The third-order valence-electron chi connectivity index (χ3n) is 4.39. The molecule has 0 heterocycles. The first-order valence-corrected chi connectivity index (χ1v) is 6.84. The standard InChI is InChI=1S/C18H12O4/c19-12-3-1-10-5-6-18(14(10)8-12)15-9-13(20)4-2-11(15)7-16(18)17(21)22/h1-9,19-20H,(H,21,22). The van der Waals surface area contributed by atoms with Crippen LogP contribution in [-0.2, 0) is 10.2 Å². The first-order valence-electron chi connectivity index (χ1n) is 6.84. The van der Waals surface area contributed by atoms with Gasteiger partial charge in [0.2, 0.25) is 0 Å². The molecular weight excluding hydrogens is 280 g/mol. The Balaban J connectivity index is 2.09. The van der Waals surface area contributed by atoms with E-state index in [0.717, 1.165) is 11.1 Å². The zero-order valence-corrected chi connectivity index (χ0v) is 11.4. The van der Waals surface area contributed by atoms with Crippen LogP contribution in [0.1, 0.15) is 22.3 Å². The molecule has 2 aromatic carbocycles. The molecule has 0 aromatic heterocycles. The van der Waals surface area contributed by atoms with Crippen molar-refractivity contribution in [2.45, 2.75) is 5.41 Å². The average Bonchev–Trinajstić information content (AvgIpc) is 3.00. The topological polar surface area (TPSA) is 77.8 Å². The lowest BCUT2D eigenvalue weighted by Crippen LogP contribution is -2.28. The fraction of sp³-hybridized carbons (Fsp3) is 0.0556. The van der Waals surface area contributed by atoms with E-state index in [1.807, 2.05) is 12.2 Å². The quantitative estimate of drug-likeness (QED) is 0.755. The minimum absolute atomic E-state index is 0.0835. The second kappa shape index (κ2) is 4.01. The molecule has 3 N–H and O–H groups in total. The lowest BCUT2D eigenvalue weighted by molar-refractivity contribution is -0.133. The van der Waals surface area contributed by atoms with Gasteiger partial charge in [0.1, 0.15) is 11.5 Å². The summed E-state index contributed by atoms with van der Waals surface area (Å²) in [6.45, 7) is 0. The van der Waals surface area contributed by atoms with Crippen LogP contribution >= 0.6 is 0 Å². The maximum absolute atomic E-state index is 11.8. The highest BCUT2D eigenvalue weighted by Gasteiger charge is 2.47. The molecule has 2 aliphatic rings. The summed E-state index contributed by atoms with van der Waals surface area (Å²) in [5.41, 5.74) is 2.30. The first-order chi connectivity index (χ1) is 10.5. The highest BCUT2D eigenvalue weighted by Crippen LogP contribution is 2.53. The number of carboxylic acids is 1. The molecule has 4 heteroatoms. The second-order valence-corrected chi connectivity index (χ2v) is 5.55. The SMILES string of the molecule is O=C(O)C1=Cc2ccc(O)cc2C12C=Cc1ccc(O)cc12. The Morgan fingerprint density at radius 1 is 0.909 bits per heavy atom. The van der Waals surface area contributed by atoms with Gasteiger partial charge >= 0.3 is 5.97 Å². The summed E-state index contributed by atoms with van der Waals surface area (Å²) in [5.74, 6) is -0.850. The molecule has 1 spiro atoms. The number of carboxylic acid groups (broad SMARTS) is 1. The number of hydrogen-bond donors (Lipinski definition) is 3. The number of benzene rings is 2. The minimum atomic E-state index is -1.02. The molecule has 0 radical (unpaired) electrons. The zero-order chi connectivity index (χ0) is 15.5. The number of phenols is 2. The molecule has 0 aliphatic heterocycles. The maximum Gasteiger partial charge on any atom is 0.333 e. The number of hydrogen-bond acceptors (Lipinski definition) is 3. The number of carbonyl (C=O) groups is 1. The molecule has 1 unspecified atom stereocenters. The predicted molar refractivity (Wildman–Crippen MR) is 81.6 cm³/mol. The lowest BCUT2D eigenvalue weighted by atomic mass is 9.73. The van der Waals surface area contributed by atoms with Crippen LogP contribution in [0.5, 0.6) is 11.5 Å². The number of aliphatic carboxylic acids is 1. The fourth-order valence-electron chi connectivity index (χ4n) is 3.46. The van der Waals surface area contributed by atoms with Crippen LogP contribution in [0.4, 0.5) is 0 Å². The summed E-state index contributed by atoms with van der Waals surface area (Å²) in [6.07, 6.45) is 5.30. The number of fused-ring (bicyclic) bond motifs is 4. The summed E-state index contributed by atoms with van der Waals surface area (Å²) >= 11 is 0. The molecule has 0 fully saturated rings. The Morgan fingerprint density at radius 3 is 2.14 bits per heavy atom. The number of allylic oxidation sites excluding steroid dienone is 1. The van der Waals surface area contributed by atoms with Crippen LogP contribution in [0.15, 0.2) is 48.0 Å². The Kier molecular flexibility index (Phi) is 2.32. The number of phenolic OH excluding ortho intramolecular Hbond substituents is 2. The second-order valence-electron chi connectivity index (χ2n) is 5.55. The first kappa shape index (κ1) is 12.7. The Bertz CT molecular complexity index is 876. The van der Waals surface area contributed by atoms with Crippen molar-refractivity contribution in [3.05, 3.63) is 70.3 Å². The Hall–Kier alpha value is -3.01. The van der Waals surface area contributed by atoms with Crippen LogP contribution in [0.25, 0.3) is 12.2 Å². The van der Waals surface area contributed by atoms with E-state index in [4.69, 9.17) is 0 Å². The van der Waals surface area contributed by atoms with Crippen molar-refractivity contribution in [1.82, 2.24) is 0 Å². The van der Waals surface area contributed by atoms with Crippen molar-refractivity contribution in [1.29, 1.82) is 0 Å². The molecule has 0 amide bonds. The summed E-state index contributed by atoms with van der Waals surface area (Å²) in [4.78, 5) is 11.8. The van der Waals surface area contributed by atoms with Gasteiger partial charge in [0.05, 0.1) is 11.0 Å². The molecule has 0 saturated carbocycles. The molecule has 0 bridgehead atoms. The minimum Gasteiger partial charge on any atom is -0.508 e. The number of aromatic hydroxyl groups is 2. The van der Waals surface area contributed by atoms with Crippen molar-refractivity contribution in [3.63, 3.8) is 0 Å². The molecular formula is C18H12O4. The summed E-state index contributed by atoms with van der Waals surface area (Å²) in [7, 11) is 0. The van der Waals surface area contributed by atoms with Gasteiger partial charge in [0.15, 0.2) is 0 Å². The normalized spacial score (nSPS) is 20.8. The third-order valence-corrected chi connectivity index (χ3v) is 4.39. The molecule has 2 aromatic rings. The monoisotopic (exact) mass is 292 g/mol. The maximum atomic E-state index is 11.8. The molecule has 1 atom stereocenters. The fourth-order valence-corrected chi connectivity index (χ4v) is 3.46. The molecule has 4 nitrogen and oxygen atoms in total. The van der Waals surface area contributed by atoms with Crippen LogP contribution in [0, 0.1) is 0 Å². The van der Waals surface area contributed by atoms with E-state index in [0.29, 0.717) is 11.1 Å². The van der Waals surface area contributed by atoms with Crippen LogP contribution in [0.2, 0.25) is 0 Å². The van der Waals surface area contributed by atoms with E-state index in [-0.39, 0.29) is 17.1 Å². The molecule has 22 heavy (non-hydrogen) atoms. The van der Waals surface area contributed by atoms with E-state index in [9.17, 15) is 20.1 Å². The van der Waals surface area contributed by atoms with Gasteiger partial charge < -0.3 is 15.3 Å². The molecule has 4 rings (SSSR count). The van der Waals surface area contributed by atoms with Crippen LogP contribution in [0.3, 0.4) is 0 Å². The summed E-state index contributed by atoms with van der Waals surface area (Å²) in [5, 5.41) is 29.3. The smallest absolute Gasteiger partial charge is 0.333 e. The van der Waals surface area contributed by atoms with Crippen molar-refractivity contribution in [2.24, 2.45) is 0 Å². The Labute approximate surface area is 126 Å². The Morgan fingerprint density at radius 2 is 1.50 bits per heavy atom. The molecule has 0 saturated heterocycles. The van der Waals surface area contributed by atoms with Crippen LogP contribution < -0.4 is 0 Å². The highest BCUT2D eigenvalue weighted by molar-refractivity contribution is 6.03. The molecule has 108 valence electrons. The summed E-state index contributed by atoms with van der Waals surface area (Å²) < 4.78 is 0. The van der Waals surface area contributed by atoms with E-state index in [1.165, 1.54) is 6.07 Å². The van der Waals surface area contributed by atoms with Crippen molar-refractivity contribution in [3.8, 4) is 11.5 Å². The van der Waals surface area contributed by atoms with Crippen molar-refractivity contribution < 1.29 is 20.1 Å². The highest BCUT2D eigenvalue weighted by atomic mass is 16.4. The largest absolute Gasteiger partial charge is 0.508 e. The van der Waals surface area contributed by atoms with Gasteiger partial charge in [-0.2, -0.15) is 0 Å². The van der Waals surface area contributed by atoms with Gasteiger partial charge in [-0.1, -0.05) is 24.3 Å². The lowest BCUT2D eigenvalue weighted by Gasteiger charge is -2.27. The van der Waals surface area contributed by atoms with Gasteiger partial charge in [0.25, 0.3) is 0 Å². The predicted octanol–water partition coefficient (Wildman–Crippen LogP) is 2.89. The number of rotatable bonds is 1. The molecule has 2 aliphatic carbocycles. The van der Waals surface area contributed by atoms with Gasteiger partial charge in [-0.15, -0.1) is 0 Å². The van der Waals surface area contributed by atoms with Gasteiger partial charge in [0, 0.05) is 0 Å². The zero-order valence-electron chi connectivity index (χ0n) is 11.4. The van der Waals surface area contributed by atoms with Crippen molar-refractivity contribution in [2.75, 3.05) is 0 Å². The van der Waals surface area contributed by atoms with Gasteiger partial charge in [-0.05, 0) is 52.6 Å². The summed E-state index contributed by atoms with van der Waals surface area (Å²) in [6, 6.07) is 9.75. The van der Waals surface area contributed by atoms with E-state index in [1.54, 1.807) is 36.4 Å². The van der Waals surface area contributed by atoms with Gasteiger partial charge in [-0.25, -0.2) is 4.79 Å². The van der Waals surface area contributed by atoms with E-state index < -0.39 is 11.4 Å². The third kappa shape index (κ3) is 1.44. The average molecular weight is 292 g/mol. The van der Waals surface area contributed by atoms with Crippen molar-refractivity contribution >= 4 is 18.1 Å². The van der Waals surface area contributed by atoms with E-state index >= 15 is 0 Å². The van der Waals surface area contributed by atoms with Crippen LogP contribution in [-0.4, -0.2) is 21.3 Å². The van der Waals surface area contributed by atoms with Gasteiger partial charge in [-0.3, -0.25) is 0 Å². The van der Waals surface area contributed by atoms with E-state index in [2.05, 4.69) is 0 Å².